The summed E-state index contributed by atoms with van der Waals surface area (Å²) < 4.78 is 5.14. The number of nitrogens with two attached hydrogens (primary N) is 1. The summed E-state index contributed by atoms with van der Waals surface area (Å²) in [6.07, 6.45) is -0.465. The van der Waals surface area contributed by atoms with E-state index in [1.807, 2.05) is 0 Å². The summed E-state index contributed by atoms with van der Waals surface area (Å²) in [4.78, 5) is 23.2. The first-order valence-corrected chi connectivity index (χ1v) is 6.86. The Morgan fingerprint density at radius 1 is 1.14 bits per heavy atom. The minimum atomic E-state index is -0.519. The molecule has 0 unspecified atom stereocenters. The maximum absolute atomic E-state index is 11.7. The predicted octanol–water partition coefficient (Wildman–Crippen LogP) is 1.40. The molecule has 6 heteroatoms. The molecule has 1 rings (SSSR count). The predicted molar refractivity (Wildman–Crippen MR) is 80.9 cm³/mol. The zero-order valence-corrected chi connectivity index (χ0v) is 12.7. The molecule has 0 heterocycles. The zero-order valence-electron chi connectivity index (χ0n) is 12.7. The van der Waals surface area contributed by atoms with E-state index in [1.54, 1.807) is 45.0 Å². The maximum Gasteiger partial charge on any atom is 0.407 e. The summed E-state index contributed by atoms with van der Waals surface area (Å²) in [6.45, 7) is 6.62. The van der Waals surface area contributed by atoms with Crippen LogP contribution in [-0.4, -0.2) is 30.7 Å². The van der Waals surface area contributed by atoms with Gasteiger partial charge in [0.05, 0.1) is 0 Å². The Bertz CT molecular complexity index is 478. The molecule has 0 saturated heterocycles. The molecular weight excluding hydrogens is 270 g/mol. The van der Waals surface area contributed by atoms with E-state index >= 15 is 0 Å². The van der Waals surface area contributed by atoms with Crippen molar-refractivity contribution in [2.24, 2.45) is 5.73 Å². The number of hydrogen-bond acceptors (Lipinski definition) is 4. The fraction of sp³-hybridized carbons (Fsp3) is 0.467. The number of hydrogen-bond donors (Lipinski definition) is 3. The first kappa shape index (κ1) is 17.0. The smallest absolute Gasteiger partial charge is 0.407 e. The molecule has 1 aromatic rings. The summed E-state index contributed by atoms with van der Waals surface area (Å²) in [6, 6.07) is 6.99. The highest BCUT2D eigenvalue weighted by atomic mass is 16.6. The lowest BCUT2D eigenvalue weighted by atomic mass is 10.1. The van der Waals surface area contributed by atoms with Gasteiger partial charge >= 0.3 is 6.09 Å². The second kappa shape index (κ2) is 7.64. The van der Waals surface area contributed by atoms with Crippen LogP contribution in [0.4, 0.5) is 4.79 Å². The number of carbonyl (C=O) groups excluding carboxylic acids is 2. The van der Waals surface area contributed by atoms with E-state index in [1.165, 1.54) is 0 Å². The van der Waals surface area contributed by atoms with Gasteiger partial charge in [-0.3, -0.25) is 4.79 Å². The molecule has 0 spiro atoms. The molecule has 0 radical (unpaired) electrons. The van der Waals surface area contributed by atoms with Crippen LogP contribution in [0.25, 0.3) is 0 Å². The molecule has 0 atom stereocenters. The van der Waals surface area contributed by atoms with E-state index in [2.05, 4.69) is 10.6 Å². The van der Waals surface area contributed by atoms with Crippen LogP contribution < -0.4 is 16.4 Å². The van der Waals surface area contributed by atoms with Crippen molar-refractivity contribution in [3.05, 3.63) is 35.4 Å². The average Bonchev–Trinajstić information content (AvgIpc) is 2.41. The van der Waals surface area contributed by atoms with Crippen molar-refractivity contribution in [3.63, 3.8) is 0 Å². The molecule has 0 fully saturated rings. The summed E-state index contributed by atoms with van der Waals surface area (Å²) >= 11 is 0. The largest absolute Gasteiger partial charge is 0.444 e. The van der Waals surface area contributed by atoms with Crippen LogP contribution in [0.3, 0.4) is 0 Å². The van der Waals surface area contributed by atoms with E-state index in [-0.39, 0.29) is 5.91 Å². The van der Waals surface area contributed by atoms with E-state index in [0.29, 0.717) is 25.2 Å². The highest BCUT2D eigenvalue weighted by Gasteiger charge is 2.15. The number of alkyl carbamates (subject to hydrolysis) is 1. The second-order valence-corrected chi connectivity index (χ2v) is 5.60. The van der Waals surface area contributed by atoms with Gasteiger partial charge in [0.25, 0.3) is 5.91 Å². The van der Waals surface area contributed by atoms with Crippen LogP contribution in [-0.2, 0) is 11.3 Å². The van der Waals surface area contributed by atoms with Gasteiger partial charge in [0.1, 0.15) is 5.60 Å². The Balaban J connectivity index is 2.48. The van der Waals surface area contributed by atoms with Gasteiger partial charge in [-0.2, -0.15) is 0 Å². The SMILES string of the molecule is CC(C)(C)OC(=O)NCc1ccc(C(=O)NCCN)cc1. The van der Waals surface area contributed by atoms with Crippen molar-refractivity contribution in [2.45, 2.75) is 32.9 Å². The zero-order chi connectivity index (χ0) is 15.9. The van der Waals surface area contributed by atoms with E-state index in [9.17, 15) is 9.59 Å². The van der Waals surface area contributed by atoms with Crippen molar-refractivity contribution in [1.29, 1.82) is 0 Å². The molecule has 116 valence electrons. The monoisotopic (exact) mass is 293 g/mol. The van der Waals surface area contributed by atoms with Crippen molar-refractivity contribution in [1.82, 2.24) is 10.6 Å². The number of carbonyl (C=O) groups is 2. The molecular formula is C15H23N3O3. The second-order valence-electron chi connectivity index (χ2n) is 5.60. The average molecular weight is 293 g/mol. The molecule has 1 aromatic carbocycles. The number of ether oxygens (including phenoxy) is 1. The van der Waals surface area contributed by atoms with Gasteiger partial charge < -0.3 is 21.1 Å². The van der Waals surface area contributed by atoms with Crippen LogP contribution in [0.15, 0.2) is 24.3 Å². The van der Waals surface area contributed by atoms with E-state index in [4.69, 9.17) is 10.5 Å². The third-order valence-electron chi connectivity index (χ3n) is 2.48. The van der Waals surface area contributed by atoms with Gasteiger partial charge in [-0.1, -0.05) is 12.1 Å². The van der Waals surface area contributed by atoms with Gasteiger partial charge in [-0.15, -0.1) is 0 Å². The van der Waals surface area contributed by atoms with Gasteiger partial charge in [0, 0.05) is 25.2 Å². The molecule has 0 aliphatic heterocycles. The van der Waals surface area contributed by atoms with Gasteiger partial charge in [-0.05, 0) is 38.5 Å². The summed E-state index contributed by atoms with van der Waals surface area (Å²) in [5, 5.41) is 5.35. The molecule has 4 N–H and O–H groups in total. The van der Waals surface area contributed by atoms with Gasteiger partial charge in [0.15, 0.2) is 0 Å². The molecule has 0 bridgehead atoms. The van der Waals surface area contributed by atoms with Crippen LogP contribution in [0, 0.1) is 0 Å². The van der Waals surface area contributed by atoms with Crippen molar-refractivity contribution >= 4 is 12.0 Å². The number of rotatable bonds is 5. The third-order valence-corrected chi connectivity index (χ3v) is 2.48. The molecule has 2 amide bonds. The number of nitrogens with one attached hydrogen (secondary N) is 2. The molecule has 0 saturated carbocycles. The Hall–Kier alpha value is -2.08. The maximum atomic E-state index is 11.7. The van der Waals surface area contributed by atoms with Crippen LogP contribution in [0.2, 0.25) is 0 Å². The first-order valence-electron chi connectivity index (χ1n) is 6.86. The van der Waals surface area contributed by atoms with E-state index in [0.717, 1.165) is 5.56 Å². The Morgan fingerprint density at radius 2 is 1.76 bits per heavy atom. The third kappa shape index (κ3) is 6.76. The molecule has 0 aromatic heterocycles. The normalized spacial score (nSPS) is 10.9. The van der Waals surface area contributed by atoms with Crippen LogP contribution in [0.1, 0.15) is 36.7 Å². The lowest BCUT2D eigenvalue weighted by Crippen LogP contribution is -2.32. The Morgan fingerprint density at radius 3 is 2.29 bits per heavy atom. The van der Waals surface area contributed by atoms with E-state index < -0.39 is 11.7 Å². The quantitative estimate of drug-likeness (QED) is 0.765. The van der Waals surface area contributed by atoms with Crippen molar-refractivity contribution in [2.75, 3.05) is 13.1 Å². The number of amides is 2. The Kier molecular flexibility index (Phi) is 6.17. The topological polar surface area (TPSA) is 93.4 Å². The Labute approximate surface area is 125 Å². The van der Waals surface area contributed by atoms with Crippen LogP contribution >= 0.6 is 0 Å². The molecule has 6 nitrogen and oxygen atoms in total. The fourth-order valence-electron chi connectivity index (χ4n) is 1.55. The lowest BCUT2D eigenvalue weighted by molar-refractivity contribution is 0.0523. The van der Waals surface area contributed by atoms with Crippen LogP contribution in [0.5, 0.6) is 0 Å². The summed E-state index contributed by atoms with van der Waals surface area (Å²) in [7, 11) is 0. The molecule has 0 aliphatic carbocycles. The van der Waals surface area contributed by atoms with Gasteiger partial charge in [-0.25, -0.2) is 4.79 Å². The van der Waals surface area contributed by atoms with Gasteiger partial charge in [0.2, 0.25) is 0 Å². The fourth-order valence-corrected chi connectivity index (χ4v) is 1.55. The highest BCUT2D eigenvalue weighted by molar-refractivity contribution is 5.94. The van der Waals surface area contributed by atoms with Crippen molar-refractivity contribution in [3.8, 4) is 0 Å². The highest BCUT2D eigenvalue weighted by Crippen LogP contribution is 2.08. The summed E-state index contributed by atoms with van der Waals surface area (Å²) in [5.41, 5.74) is 6.25. The molecule has 0 aliphatic rings. The number of benzene rings is 1. The standard InChI is InChI=1S/C15H23N3O3/c1-15(2,3)21-14(20)18-10-11-4-6-12(7-5-11)13(19)17-9-8-16/h4-7H,8-10,16H2,1-3H3,(H,17,19)(H,18,20). The minimum Gasteiger partial charge on any atom is -0.444 e. The molecule has 21 heavy (non-hydrogen) atoms. The summed E-state index contributed by atoms with van der Waals surface area (Å²) in [5.74, 6) is -0.160. The van der Waals surface area contributed by atoms with Crippen molar-refractivity contribution < 1.29 is 14.3 Å². The first-order chi connectivity index (χ1) is 9.81. The minimum absolute atomic E-state index is 0.160. The lowest BCUT2D eigenvalue weighted by Gasteiger charge is -2.19.